The first kappa shape index (κ1) is 9.97. The van der Waals surface area contributed by atoms with Gasteiger partial charge in [-0.1, -0.05) is 13.8 Å². The Hall–Kier alpha value is -1.11. The largest absolute Gasteiger partial charge is 0.324 e. The van der Waals surface area contributed by atoms with Gasteiger partial charge in [-0.05, 0) is 6.42 Å². The standard InChI is InChI=1S/C9H13FN2O/c1-6(2)9(13)12-4-3-7(10)8(12)5-11/h6-8H,3-4H2,1-2H3/t7-,8+/m0/s1. The predicted molar refractivity (Wildman–Crippen MR) is 45.5 cm³/mol. The fraction of sp³-hybridized carbons (Fsp3) is 0.778. The van der Waals surface area contributed by atoms with Gasteiger partial charge >= 0.3 is 0 Å². The molecule has 1 saturated heterocycles. The Kier molecular flexibility index (Phi) is 2.86. The van der Waals surface area contributed by atoms with Gasteiger partial charge in [0.25, 0.3) is 0 Å². The van der Waals surface area contributed by atoms with E-state index in [9.17, 15) is 9.18 Å². The quantitative estimate of drug-likeness (QED) is 0.612. The van der Waals surface area contributed by atoms with Crippen LogP contribution in [0.2, 0.25) is 0 Å². The maximum atomic E-state index is 13.0. The van der Waals surface area contributed by atoms with Crippen molar-refractivity contribution in [3.8, 4) is 6.07 Å². The Bertz CT molecular complexity index is 246. The number of carbonyl (C=O) groups is 1. The van der Waals surface area contributed by atoms with E-state index >= 15 is 0 Å². The minimum absolute atomic E-state index is 0.133. The zero-order valence-corrected chi connectivity index (χ0v) is 7.83. The van der Waals surface area contributed by atoms with Crippen molar-refractivity contribution >= 4 is 5.91 Å². The molecule has 0 spiro atoms. The molecule has 3 nitrogen and oxygen atoms in total. The highest BCUT2D eigenvalue weighted by molar-refractivity contribution is 5.79. The topological polar surface area (TPSA) is 44.1 Å². The predicted octanol–water partition coefficient (Wildman–Crippen LogP) is 1.10. The third-order valence-corrected chi connectivity index (χ3v) is 2.23. The van der Waals surface area contributed by atoms with Crippen LogP contribution < -0.4 is 0 Å². The molecule has 4 heteroatoms. The SMILES string of the molecule is CC(C)C(=O)N1CC[C@H](F)[C@H]1C#N. The molecule has 13 heavy (non-hydrogen) atoms. The molecule has 0 N–H and O–H groups in total. The maximum Gasteiger partial charge on any atom is 0.226 e. The first-order valence-corrected chi connectivity index (χ1v) is 4.42. The van der Waals surface area contributed by atoms with Crippen LogP contribution in [0.15, 0.2) is 0 Å². The van der Waals surface area contributed by atoms with E-state index in [1.54, 1.807) is 13.8 Å². The molecule has 2 atom stereocenters. The Balaban J connectivity index is 2.72. The number of nitrogens with zero attached hydrogens (tertiary/aromatic N) is 2. The molecule has 0 aromatic carbocycles. The van der Waals surface area contributed by atoms with Crippen molar-refractivity contribution < 1.29 is 9.18 Å². The third-order valence-electron chi connectivity index (χ3n) is 2.23. The number of hydrogen-bond donors (Lipinski definition) is 0. The van der Waals surface area contributed by atoms with Crippen molar-refractivity contribution in [3.05, 3.63) is 0 Å². The highest BCUT2D eigenvalue weighted by Crippen LogP contribution is 2.22. The Morgan fingerprint density at radius 2 is 2.31 bits per heavy atom. The molecule has 1 heterocycles. The number of carbonyl (C=O) groups excluding carboxylic acids is 1. The monoisotopic (exact) mass is 184 g/mol. The van der Waals surface area contributed by atoms with E-state index in [-0.39, 0.29) is 18.2 Å². The van der Waals surface area contributed by atoms with Gasteiger partial charge in [0, 0.05) is 12.5 Å². The lowest BCUT2D eigenvalue weighted by atomic mass is 10.1. The normalized spacial score (nSPS) is 27.8. The summed E-state index contributed by atoms with van der Waals surface area (Å²) >= 11 is 0. The van der Waals surface area contributed by atoms with Crippen LogP contribution in [0.5, 0.6) is 0 Å². The fourth-order valence-electron chi connectivity index (χ4n) is 1.48. The maximum absolute atomic E-state index is 13.0. The minimum Gasteiger partial charge on any atom is -0.324 e. The van der Waals surface area contributed by atoms with Crippen molar-refractivity contribution in [3.63, 3.8) is 0 Å². The molecule has 1 amide bonds. The van der Waals surface area contributed by atoms with Crippen LogP contribution in [-0.2, 0) is 4.79 Å². The number of rotatable bonds is 1. The smallest absolute Gasteiger partial charge is 0.226 e. The van der Waals surface area contributed by atoms with E-state index in [0.29, 0.717) is 6.54 Å². The summed E-state index contributed by atoms with van der Waals surface area (Å²) in [4.78, 5) is 12.8. The number of nitriles is 1. The lowest BCUT2D eigenvalue weighted by molar-refractivity contribution is -0.134. The third kappa shape index (κ3) is 1.80. The summed E-state index contributed by atoms with van der Waals surface area (Å²) in [5.74, 6) is -0.298. The molecule has 0 aromatic rings. The molecular weight excluding hydrogens is 171 g/mol. The van der Waals surface area contributed by atoms with E-state index in [4.69, 9.17) is 5.26 Å². The van der Waals surface area contributed by atoms with Crippen molar-refractivity contribution in [2.75, 3.05) is 6.54 Å². The molecule has 1 fully saturated rings. The van der Waals surface area contributed by atoms with Crippen LogP contribution >= 0.6 is 0 Å². The summed E-state index contributed by atoms with van der Waals surface area (Å²) in [5, 5.41) is 8.65. The molecule has 0 radical (unpaired) electrons. The second-order valence-electron chi connectivity index (χ2n) is 3.56. The number of likely N-dealkylation sites (tertiary alicyclic amines) is 1. The number of amides is 1. The Morgan fingerprint density at radius 3 is 2.77 bits per heavy atom. The lowest BCUT2D eigenvalue weighted by Crippen LogP contribution is -2.39. The lowest BCUT2D eigenvalue weighted by Gasteiger charge is -2.21. The summed E-state index contributed by atoms with van der Waals surface area (Å²) < 4.78 is 13.0. The van der Waals surface area contributed by atoms with Gasteiger partial charge in [-0.25, -0.2) is 4.39 Å². The molecular formula is C9H13FN2O. The summed E-state index contributed by atoms with van der Waals surface area (Å²) in [6.07, 6.45) is -0.885. The van der Waals surface area contributed by atoms with E-state index in [2.05, 4.69) is 0 Å². The molecule has 0 unspecified atom stereocenters. The average Bonchev–Trinajstić information content (AvgIpc) is 2.45. The second-order valence-corrected chi connectivity index (χ2v) is 3.56. The number of alkyl halides is 1. The van der Waals surface area contributed by atoms with Crippen LogP contribution in [0.25, 0.3) is 0 Å². The summed E-state index contributed by atoms with van der Waals surface area (Å²) in [5.41, 5.74) is 0. The number of hydrogen-bond acceptors (Lipinski definition) is 2. The summed E-state index contributed by atoms with van der Waals surface area (Å²) in [6.45, 7) is 3.88. The van der Waals surface area contributed by atoms with Gasteiger partial charge in [0.05, 0.1) is 6.07 Å². The first-order valence-electron chi connectivity index (χ1n) is 4.42. The van der Waals surface area contributed by atoms with Crippen molar-refractivity contribution in [2.24, 2.45) is 5.92 Å². The van der Waals surface area contributed by atoms with E-state index in [0.717, 1.165) is 0 Å². The molecule has 72 valence electrons. The molecule has 1 rings (SSSR count). The molecule has 1 aliphatic heterocycles. The van der Waals surface area contributed by atoms with Gasteiger partial charge in [0.15, 0.2) is 6.04 Å². The van der Waals surface area contributed by atoms with E-state index < -0.39 is 12.2 Å². The van der Waals surface area contributed by atoms with Crippen LogP contribution in [0.3, 0.4) is 0 Å². The Morgan fingerprint density at radius 1 is 1.69 bits per heavy atom. The van der Waals surface area contributed by atoms with Gasteiger partial charge in [-0.2, -0.15) is 5.26 Å². The van der Waals surface area contributed by atoms with Crippen LogP contribution in [0.4, 0.5) is 4.39 Å². The zero-order chi connectivity index (χ0) is 10.0. The van der Waals surface area contributed by atoms with Crippen molar-refractivity contribution in [1.82, 2.24) is 4.90 Å². The molecule has 1 aliphatic rings. The molecule has 0 aliphatic carbocycles. The fourth-order valence-corrected chi connectivity index (χ4v) is 1.48. The van der Waals surface area contributed by atoms with Crippen molar-refractivity contribution in [2.45, 2.75) is 32.5 Å². The zero-order valence-electron chi connectivity index (χ0n) is 7.83. The van der Waals surface area contributed by atoms with Gasteiger partial charge in [0.2, 0.25) is 5.91 Å². The number of halogens is 1. The molecule has 0 bridgehead atoms. The van der Waals surface area contributed by atoms with E-state index in [1.165, 1.54) is 4.90 Å². The van der Waals surface area contributed by atoms with Gasteiger partial charge in [0.1, 0.15) is 6.17 Å². The van der Waals surface area contributed by atoms with Gasteiger partial charge in [-0.3, -0.25) is 4.79 Å². The average molecular weight is 184 g/mol. The molecule has 0 saturated carbocycles. The summed E-state index contributed by atoms with van der Waals surface area (Å²) in [7, 11) is 0. The molecule has 0 aromatic heterocycles. The second kappa shape index (κ2) is 3.73. The summed E-state index contributed by atoms with van der Waals surface area (Å²) in [6, 6.07) is 0.964. The highest BCUT2D eigenvalue weighted by atomic mass is 19.1. The first-order chi connectivity index (χ1) is 6.07. The van der Waals surface area contributed by atoms with Gasteiger partial charge < -0.3 is 4.90 Å². The van der Waals surface area contributed by atoms with Crippen LogP contribution in [0, 0.1) is 17.2 Å². The van der Waals surface area contributed by atoms with Crippen LogP contribution in [0.1, 0.15) is 20.3 Å². The van der Waals surface area contributed by atoms with Crippen molar-refractivity contribution in [1.29, 1.82) is 5.26 Å². The van der Waals surface area contributed by atoms with E-state index in [1.807, 2.05) is 6.07 Å². The van der Waals surface area contributed by atoms with Gasteiger partial charge in [-0.15, -0.1) is 0 Å². The minimum atomic E-state index is -1.17. The Labute approximate surface area is 77.1 Å². The van der Waals surface area contributed by atoms with Crippen LogP contribution in [-0.4, -0.2) is 29.6 Å². The highest BCUT2D eigenvalue weighted by Gasteiger charge is 2.37.